The third kappa shape index (κ3) is 4.01. The van der Waals surface area contributed by atoms with E-state index in [0.29, 0.717) is 25.8 Å². The summed E-state index contributed by atoms with van der Waals surface area (Å²) in [6.07, 6.45) is 5.30. The van der Waals surface area contributed by atoms with Gasteiger partial charge >= 0.3 is 0 Å². The Balaban J connectivity index is 1.53. The van der Waals surface area contributed by atoms with Gasteiger partial charge in [-0.25, -0.2) is 0 Å². The maximum absolute atomic E-state index is 12.9. The maximum atomic E-state index is 12.9. The largest absolute Gasteiger partial charge is 0.353 e. The molecular weight excluding hydrogens is 320 g/mol. The van der Waals surface area contributed by atoms with Crippen LogP contribution in [0, 0.1) is 0 Å². The molecule has 3 heterocycles. The average molecular weight is 348 g/mol. The Bertz CT molecular complexity index is 574. The molecular formula is C17H28N6O2. The number of piperidine rings is 1. The molecule has 138 valence electrons. The van der Waals surface area contributed by atoms with Crippen LogP contribution < -0.4 is 10.6 Å². The second-order valence-electron chi connectivity index (χ2n) is 6.92. The quantitative estimate of drug-likeness (QED) is 0.731. The number of nitrogens with one attached hydrogen (secondary N) is 2. The van der Waals surface area contributed by atoms with Gasteiger partial charge in [-0.2, -0.15) is 5.10 Å². The van der Waals surface area contributed by atoms with Crippen LogP contribution in [0.4, 0.5) is 0 Å². The molecule has 1 aromatic rings. The fourth-order valence-electron chi connectivity index (χ4n) is 3.58. The van der Waals surface area contributed by atoms with E-state index in [1.165, 1.54) is 0 Å². The van der Waals surface area contributed by atoms with Crippen LogP contribution in [0.3, 0.4) is 0 Å². The first-order valence-corrected chi connectivity index (χ1v) is 9.07. The second-order valence-corrected chi connectivity index (χ2v) is 6.92. The van der Waals surface area contributed by atoms with Gasteiger partial charge in [0.25, 0.3) is 0 Å². The lowest BCUT2D eigenvalue weighted by Crippen LogP contribution is -2.55. The lowest BCUT2D eigenvalue weighted by atomic mass is 9.87. The molecule has 0 saturated carbocycles. The smallest absolute Gasteiger partial charge is 0.248 e. The fourth-order valence-corrected chi connectivity index (χ4v) is 3.58. The number of carbonyl (C=O) groups is 2. The van der Waals surface area contributed by atoms with E-state index >= 15 is 0 Å². The highest BCUT2D eigenvalue weighted by atomic mass is 16.2. The molecule has 0 bridgehead atoms. The molecule has 0 radical (unpaired) electrons. The van der Waals surface area contributed by atoms with Gasteiger partial charge in [0, 0.05) is 51.5 Å². The van der Waals surface area contributed by atoms with Crippen LogP contribution in [0.25, 0.3) is 0 Å². The number of rotatable bonds is 5. The van der Waals surface area contributed by atoms with Crippen molar-refractivity contribution in [1.82, 2.24) is 30.2 Å². The van der Waals surface area contributed by atoms with Gasteiger partial charge in [0.2, 0.25) is 11.8 Å². The number of likely N-dealkylation sites (N-methyl/N-ethyl adjacent to an activating group) is 1. The minimum absolute atomic E-state index is 0.0381. The number of amides is 2. The highest BCUT2D eigenvalue weighted by Crippen LogP contribution is 2.27. The monoisotopic (exact) mass is 348 g/mol. The minimum atomic E-state index is -0.647. The lowest BCUT2D eigenvalue weighted by molar-refractivity contribution is -0.134. The van der Waals surface area contributed by atoms with Crippen molar-refractivity contribution in [3.05, 3.63) is 18.5 Å². The molecule has 1 aromatic heterocycles. The number of aromatic nitrogens is 2. The summed E-state index contributed by atoms with van der Waals surface area (Å²) in [4.78, 5) is 29.3. The van der Waals surface area contributed by atoms with Crippen molar-refractivity contribution in [1.29, 1.82) is 0 Å². The van der Waals surface area contributed by atoms with E-state index in [4.69, 9.17) is 0 Å². The molecule has 2 aliphatic rings. The zero-order valence-corrected chi connectivity index (χ0v) is 14.9. The van der Waals surface area contributed by atoms with Gasteiger partial charge in [0.15, 0.2) is 0 Å². The summed E-state index contributed by atoms with van der Waals surface area (Å²) in [6.45, 7) is 5.31. The number of piperazine rings is 1. The van der Waals surface area contributed by atoms with Crippen LogP contribution in [-0.4, -0.2) is 84.3 Å². The van der Waals surface area contributed by atoms with E-state index in [2.05, 4.69) is 27.7 Å². The summed E-state index contributed by atoms with van der Waals surface area (Å²) in [7, 11) is 2.07. The number of hydrogen-bond donors (Lipinski definition) is 2. The topological polar surface area (TPSA) is 82.5 Å². The summed E-state index contributed by atoms with van der Waals surface area (Å²) in [5.74, 6) is 0.0794. The van der Waals surface area contributed by atoms with Gasteiger partial charge in [-0.05, 0) is 39.0 Å². The maximum Gasteiger partial charge on any atom is 0.248 e. The molecule has 0 aliphatic carbocycles. The second kappa shape index (κ2) is 7.97. The van der Waals surface area contributed by atoms with Crippen LogP contribution >= 0.6 is 0 Å². The molecule has 0 unspecified atom stereocenters. The van der Waals surface area contributed by atoms with E-state index in [-0.39, 0.29) is 11.8 Å². The van der Waals surface area contributed by atoms with Crippen molar-refractivity contribution in [2.45, 2.75) is 24.8 Å². The third-order valence-corrected chi connectivity index (χ3v) is 5.28. The molecule has 0 spiro atoms. The van der Waals surface area contributed by atoms with E-state index in [1.807, 2.05) is 17.2 Å². The zero-order chi connectivity index (χ0) is 17.7. The van der Waals surface area contributed by atoms with E-state index in [0.717, 1.165) is 39.3 Å². The predicted molar refractivity (Wildman–Crippen MR) is 94.0 cm³/mol. The van der Waals surface area contributed by atoms with E-state index in [1.54, 1.807) is 10.9 Å². The third-order valence-electron chi connectivity index (χ3n) is 5.28. The van der Waals surface area contributed by atoms with Crippen molar-refractivity contribution in [2.75, 3.05) is 52.9 Å². The SMILES string of the molecule is CN1CCN(C(=O)CCNC(=O)C2(n3cccn3)CCNCC2)CC1. The highest BCUT2D eigenvalue weighted by Gasteiger charge is 2.41. The van der Waals surface area contributed by atoms with Crippen LogP contribution in [-0.2, 0) is 15.1 Å². The first-order chi connectivity index (χ1) is 12.1. The van der Waals surface area contributed by atoms with Crippen molar-refractivity contribution in [3.63, 3.8) is 0 Å². The van der Waals surface area contributed by atoms with E-state index < -0.39 is 5.54 Å². The van der Waals surface area contributed by atoms with Gasteiger partial charge < -0.3 is 20.4 Å². The normalized spacial score (nSPS) is 21.1. The molecule has 2 N–H and O–H groups in total. The molecule has 25 heavy (non-hydrogen) atoms. The molecule has 2 aliphatic heterocycles. The molecule has 8 nitrogen and oxygen atoms in total. The van der Waals surface area contributed by atoms with Gasteiger partial charge in [0.05, 0.1) is 0 Å². The number of hydrogen-bond acceptors (Lipinski definition) is 5. The van der Waals surface area contributed by atoms with Crippen molar-refractivity contribution in [2.24, 2.45) is 0 Å². The first-order valence-electron chi connectivity index (χ1n) is 9.07. The average Bonchev–Trinajstić information content (AvgIpc) is 3.18. The van der Waals surface area contributed by atoms with Crippen LogP contribution in [0.15, 0.2) is 18.5 Å². The number of nitrogens with zero attached hydrogens (tertiary/aromatic N) is 4. The fraction of sp³-hybridized carbons (Fsp3) is 0.706. The van der Waals surface area contributed by atoms with Crippen molar-refractivity contribution >= 4 is 11.8 Å². The number of carbonyl (C=O) groups excluding carboxylic acids is 2. The van der Waals surface area contributed by atoms with Crippen LogP contribution in [0.5, 0.6) is 0 Å². The van der Waals surface area contributed by atoms with Gasteiger partial charge in [-0.15, -0.1) is 0 Å². The lowest BCUT2D eigenvalue weighted by Gasteiger charge is -2.36. The summed E-state index contributed by atoms with van der Waals surface area (Å²) >= 11 is 0. The molecule has 0 atom stereocenters. The van der Waals surface area contributed by atoms with Crippen LogP contribution in [0.1, 0.15) is 19.3 Å². The summed E-state index contributed by atoms with van der Waals surface area (Å²) < 4.78 is 1.77. The summed E-state index contributed by atoms with van der Waals surface area (Å²) in [5, 5.41) is 10.6. The molecule has 0 aromatic carbocycles. The molecule has 3 rings (SSSR count). The van der Waals surface area contributed by atoms with E-state index in [9.17, 15) is 9.59 Å². The Labute approximate surface area is 148 Å². The predicted octanol–water partition coefficient (Wildman–Crippen LogP) is -0.758. The molecule has 2 fully saturated rings. The first kappa shape index (κ1) is 17.9. The van der Waals surface area contributed by atoms with Gasteiger partial charge in [0.1, 0.15) is 5.54 Å². The Kier molecular flexibility index (Phi) is 5.70. The van der Waals surface area contributed by atoms with Crippen LogP contribution in [0.2, 0.25) is 0 Å². The van der Waals surface area contributed by atoms with Crippen molar-refractivity contribution < 1.29 is 9.59 Å². The Morgan fingerprint density at radius 3 is 2.56 bits per heavy atom. The molecule has 2 amide bonds. The van der Waals surface area contributed by atoms with Gasteiger partial charge in [-0.1, -0.05) is 0 Å². The zero-order valence-electron chi connectivity index (χ0n) is 14.9. The highest BCUT2D eigenvalue weighted by molar-refractivity contribution is 5.85. The molecule has 2 saturated heterocycles. The minimum Gasteiger partial charge on any atom is -0.353 e. The summed E-state index contributed by atoms with van der Waals surface area (Å²) in [5.41, 5.74) is -0.647. The molecule has 8 heteroatoms. The Morgan fingerprint density at radius 1 is 1.20 bits per heavy atom. The van der Waals surface area contributed by atoms with Crippen molar-refractivity contribution in [3.8, 4) is 0 Å². The summed E-state index contributed by atoms with van der Waals surface area (Å²) in [6, 6.07) is 1.84. The Morgan fingerprint density at radius 2 is 1.92 bits per heavy atom. The standard InChI is InChI=1S/C17H28N6O2/c1-21-11-13-22(14-12-21)15(24)3-7-19-16(25)17(4-8-18-9-5-17)23-10-2-6-20-23/h2,6,10,18H,3-5,7-9,11-14H2,1H3,(H,19,25). The van der Waals surface area contributed by atoms with Gasteiger partial charge in [-0.3, -0.25) is 14.3 Å². The Hall–Kier alpha value is -1.93.